The summed E-state index contributed by atoms with van der Waals surface area (Å²) in [5.74, 6) is 1.16. The summed E-state index contributed by atoms with van der Waals surface area (Å²) in [5, 5.41) is 20.8. The molecule has 3 fully saturated rings. The van der Waals surface area contributed by atoms with E-state index in [9.17, 15) is 24.3 Å². The molecule has 9 atom stereocenters. The summed E-state index contributed by atoms with van der Waals surface area (Å²) in [4.78, 5) is 57.6. The van der Waals surface area contributed by atoms with Crippen LogP contribution in [0, 0.1) is 46.3 Å². The first-order chi connectivity index (χ1) is 28.5. The number of fused-ring (bicyclic) bond motifs is 2. The van der Waals surface area contributed by atoms with Gasteiger partial charge in [-0.05, 0) is 123 Å². The molecule has 1 spiro atoms. The number of nitrogens with zero attached hydrogens (tertiary/aromatic N) is 1. The van der Waals surface area contributed by atoms with Gasteiger partial charge in [-0.2, -0.15) is 0 Å². The Hall–Kier alpha value is -3.52. The van der Waals surface area contributed by atoms with Gasteiger partial charge in [0.15, 0.2) is 0 Å². The molecule has 6 aliphatic carbocycles. The number of esters is 2. The van der Waals surface area contributed by atoms with Crippen molar-refractivity contribution in [2.45, 2.75) is 103 Å². The minimum absolute atomic E-state index is 0.00606. The molecular formula is C46H56N4O7S2. The number of nitrogens with one attached hydrogen (secondary N) is 3. The maximum absolute atomic E-state index is 14.9. The first-order valence-electron chi connectivity index (χ1n) is 22.0. The van der Waals surface area contributed by atoms with Crippen LogP contribution in [0.25, 0.3) is 0 Å². The third-order valence-corrected chi connectivity index (χ3v) is 18.3. The highest BCUT2D eigenvalue weighted by Gasteiger charge is 2.70. The summed E-state index contributed by atoms with van der Waals surface area (Å²) in [6.45, 7) is 7.36. The normalized spacial score (nSPS) is 37.3. The van der Waals surface area contributed by atoms with Crippen molar-refractivity contribution in [2.75, 3.05) is 25.5 Å². The highest BCUT2D eigenvalue weighted by Crippen LogP contribution is 2.73. The van der Waals surface area contributed by atoms with Crippen LogP contribution in [0.15, 0.2) is 81.2 Å². The molecule has 7 bridgehead atoms. The molecule has 1 saturated heterocycles. The number of aliphatic hydroxyl groups excluding tert-OH is 1. The number of carbonyl (C=O) groups is 4. The lowest BCUT2D eigenvalue weighted by Crippen LogP contribution is -2.55. The molecule has 0 aromatic heterocycles. The molecule has 0 aromatic rings. The quantitative estimate of drug-likeness (QED) is 0.127. The highest BCUT2D eigenvalue weighted by atomic mass is 33.1. The Labute approximate surface area is 354 Å². The van der Waals surface area contributed by atoms with Crippen molar-refractivity contribution in [1.29, 1.82) is 0 Å². The zero-order valence-corrected chi connectivity index (χ0v) is 35.9. The standard InChI is InChI=1S/C46H56N4O7S2/c1-4-45(15-5-6-16-45)31-9-8-27-19-29-28-13-17-46(39(29)38-36(27)41(31)57-43(38)54)32-10-7-24(2)42(48-21-25(3)51)59-58-23-49-33-20-26(14-18-47-33)30(37(28)40(46)44(55)56-32)22-50-34(52)11-12-35(50)53/h10-12,14,20,24-25,27-30,39,42,47-49,51H,4-9,13,15-19,21-23H2,1-3H3/b32-10-/t24-,25-,27-,28-,29-,30+,39+,42-,46-/m0/s1. The van der Waals surface area contributed by atoms with Crippen molar-refractivity contribution in [1.82, 2.24) is 20.9 Å². The van der Waals surface area contributed by atoms with E-state index in [2.05, 4.69) is 48.0 Å². The van der Waals surface area contributed by atoms with Crippen LogP contribution in [-0.4, -0.2) is 70.7 Å². The monoisotopic (exact) mass is 840 g/mol. The lowest BCUT2D eigenvalue weighted by molar-refractivity contribution is -0.138. The van der Waals surface area contributed by atoms with E-state index < -0.39 is 17.4 Å². The maximum atomic E-state index is 14.9. The molecule has 11 aliphatic rings. The molecule has 4 N–H and O–H groups in total. The van der Waals surface area contributed by atoms with Gasteiger partial charge in [-0.3, -0.25) is 14.5 Å². The highest BCUT2D eigenvalue weighted by molar-refractivity contribution is 8.76. The zero-order chi connectivity index (χ0) is 40.8. The van der Waals surface area contributed by atoms with Crippen LogP contribution < -0.4 is 16.0 Å². The first kappa shape index (κ1) is 39.6. The fraction of sp³-hybridized carbons (Fsp3) is 0.609. The summed E-state index contributed by atoms with van der Waals surface area (Å²) in [5.41, 5.74) is 4.96. The van der Waals surface area contributed by atoms with Gasteiger partial charge in [0.25, 0.3) is 11.8 Å². The van der Waals surface area contributed by atoms with Gasteiger partial charge in [0.1, 0.15) is 11.5 Å². The molecule has 11 rings (SSSR count). The van der Waals surface area contributed by atoms with E-state index in [4.69, 9.17) is 9.47 Å². The van der Waals surface area contributed by atoms with Crippen LogP contribution in [-0.2, 0) is 28.7 Å². The largest absolute Gasteiger partial charge is 0.427 e. The number of ether oxygens (including phenoxy) is 2. The fourth-order valence-electron chi connectivity index (χ4n) is 13.1. The van der Waals surface area contributed by atoms with E-state index in [1.807, 2.05) is 0 Å². The van der Waals surface area contributed by atoms with E-state index in [1.165, 1.54) is 35.5 Å². The van der Waals surface area contributed by atoms with E-state index in [-0.39, 0.29) is 70.7 Å². The van der Waals surface area contributed by atoms with Crippen molar-refractivity contribution in [2.24, 2.45) is 46.3 Å². The Kier molecular flexibility index (Phi) is 10.2. The van der Waals surface area contributed by atoms with Gasteiger partial charge in [-0.15, -0.1) is 0 Å². The predicted octanol–water partition coefficient (Wildman–Crippen LogP) is 6.43. The van der Waals surface area contributed by atoms with Crippen LogP contribution in [0.1, 0.15) is 91.4 Å². The summed E-state index contributed by atoms with van der Waals surface area (Å²) in [7, 11) is 3.41. The van der Waals surface area contributed by atoms with Crippen LogP contribution in [0.5, 0.6) is 0 Å². The van der Waals surface area contributed by atoms with Gasteiger partial charge < -0.3 is 30.5 Å². The number of rotatable bonds is 7. The van der Waals surface area contributed by atoms with Crippen LogP contribution >= 0.6 is 21.6 Å². The zero-order valence-electron chi connectivity index (χ0n) is 34.3. The van der Waals surface area contributed by atoms with Crippen molar-refractivity contribution in [3.8, 4) is 0 Å². The molecule has 59 heavy (non-hydrogen) atoms. The van der Waals surface area contributed by atoms with E-state index in [0.717, 1.165) is 78.8 Å². The van der Waals surface area contributed by atoms with Gasteiger partial charge >= 0.3 is 11.9 Å². The summed E-state index contributed by atoms with van der Waals surface area (Å²) in [6, 6.07) is 0. The Bertz CT molecular complexity index is 2090. The maximum Gasteiger partial charge on any atom is 0.340 e. The van der Waals surface area contributed by atoms with Gasteiger partial charge in [0.05, 0.1) is 34.2 Å². The van der Waals surface area contributed by atoms with Crippen LogP contribution in [0.4, 0.5) is 0 Å². The molecule has 5 heterocycles. The predicted molar refractivity (Wildman–Crippen MR) is 226 cm³/mol. The minimum Gasteiger partial charge on any atom is -0.427 e. The summed E-state index contributed by atoms with van der Waals surface area (Å²) >= 11 is 0. The van der Waals surface area contributed by atoms with Crippen LogP contribution in [0.3, 0.4) is 0 Å². The van der Waals surface area contributed by atoms with E-state index in [1.54, 1.807) is 28.5 Å². The van der Waals surface area contributed by atoms with Crippen molar-refractivity contribution in [3.05, 3.63) is 81.2 Å². The van der Waals surface area contributed by atoms with Gasteiger partial charge in [-0.1, -0.05) is 54.4 Å². The van der Waals surface area contributed by atoms with Crippen molar-refractivity contribution in [3.63, 3.8) is 0 Å². The molecule has 13 heteroatoms. The SMILES string of the molecule is CCC1(C2=C3OC(=O)C4=C3[C@@H](CC2)C[C@H]2[C@@H]3CC[C@@]5(C6=C3[C@H](CN3C(=O)C=CC3=O)C3=CCNC(=C3)NCSS[C@H](NC[C@H](C)O)[C@@H](C)C/C=C/5OC6=O)[C@@H]42)CCCC1. The smallest absolute Gasteiger partial charge is 0.340 e. The molecule has 2 saturated carbocycles. The number of hydrogen-bond donors (Lipinski definition) is 4. The second kappa shape index (κ2) is 15.1. The molecule has 5 aliphatic heterocycles. The third kappa shape index (κ3) is 6.21. The van der Waals surface area contributed by atoms with E-state index >= 15 is 0 Å². The molecule has 0 radical (unpaired) electrons. The molecule has 11 nitrogen and oxygen atoms in total. The lowest BCUT2D eigenvalue weighted by atomic mass is 9.42. The van der Waals surface area contributed by atoms with Gasteiger partial charge in [-0.25, -0.2) is 9.59 Å². The van der Waals surface area contributed by atoms with Crippen molar-refractivity contribution >= 4 is 45.3 Å². The Morgan fingerprint density at radius 3 is 2.58 bits per heavy atom. The topological polar surface area (TPSA) is 146 Å². The molecule has 0 aromatic carbocycles. The Balaban J connectivity index is 1.18. The van der Waals surface area contributed by atoms with Crippen LogP contribution in [0.2, 0.25) is 0 Å². The second-order valence-electron chi connectivity index (χ2n) is 18.6. The second-order valence-corrected chi connectivity index (χ2v) is 21.1. The number of dihydropyridines is 1. The number of imide groups is 1. The molecular weight excluding hydrogens is 785 g/mol. The third-order valence-electron chi connectivity index (χ3n) is 15.7. The minimum atomic E-state index is -0.893. The van der Waals surface area contributed by atoms with E-state index in [0.29, 0.717) is 43.1 Å². The Morgan fingerprint density at radius 2 is 1.81 bits per heavy atom. The molecule has 314 valence electrons. The Morgan fingerprint density at radius 1 is 1.02 bits per heavy atom. The average Bonchev–Trinajstić information content (AvgIpc) is 4.00. The first-order valence-corrected chi connectivity index (χ1v) is 24.4. The fourth-order valence-corrected chi connectivity index (χ4v) is 15.6. The number of carbonyl (C=O) groups excluding carboxylic acids is 4. The van der Waals surface area contributed by atoms with Gasteiger partial charge in [0, 0.05) is 54.8 Å². The summed E-state index contributed by atoms with van der Waals surface area (Å²) < 4.78 is 13.1. The van der Waals surface area contributed by atoms with Gasteiger partial charge in [0.2, 0.25) is 0 Å². The molecule has 0 unspecified atom stereocenters. The summed E-state index contributed by atoms with van der Waals surface area (Å²) in [6.07, 6.45) is 19.1. The molecule has 2 amide bonds. The number of hydrogen-bond acceptors (Lipinski definition) is 12. The number of aliphatic hydroxyl groups is 1. The number of amides is 2. The number of allylic oxidation sites excluding steroid dienone is 5. The lowest BCUT2D eigenvalue weighted by Gasteiger charge is -2.58. The average molecular weight is 841 g/mol. The van der Waals surface area contributed by atoms with Crippen molar-refractivity contribution < 1.29 is 33.8 Å².